The maximum absolute atomic E-state index is 13.6. The summed E-state index contributed by atoms with van der Waals surface area (Å²) in [5, 5.41) is 3.73. The van der Waals surface area contributed by atoms with Gasteiger partial charge in [-0.15, -0.1) is 0 Å². The number of methoxy groups -OCH3 is 1. The molecule has 0 saturated carbocycles. The predicted molar refractivity (Wildman–Crippen MR) is 68.7 cm³/mol. The lowest BCUT2D eigenvalue weighted by Gasteiger charge is -2.06. The number of fused-ring (bicyclic) bond motifs is 1. The number of aryl methyl sites for hydroxylation is 2. The van der Waals surface area contributed by atoms with Crippen LogP contribution in [0.3, 0.4) is 0 Å². The van der Waals surface area contributed by atoms with Crippen LogP contribution in [0.4, 0.5) is 10.3 Å². The minimum absolute atomic E-state index is 0.151. The largest absolute Gasteiger partial charge is 0.494 e. The minimum atomic E-state index is -0.470. The molecule has 2 N–H and O–H groups in total. The van der Waals surface area contributed by atoms with Gasteiger partial charge >= 0.3 is 0 Å². The van der Waals surface area contributed by atoms with E-state index in [2.05, 4.69) is 19.6 Å². The van der Waals surface area contributed by atoms with E-state index in [0.29, 0.717) is 35.8 Å². The fourth-order valence-electron chi connectivity index (χ4n) is 2.05. The number of anilines is 1. The van der Waals surface area contributed by atoms with Crippen molar-refractivity contribution in [2.45, 2.75) is 13.0 Å². The summed E-state index contributed by atoms with van der Waals surface area (Å²) in [5.74, 6) is 0.553. The molecule has 0 aliphatic carbocycles. The molecule has 7 nitrogen and oxygen atoms in total. The van der Waals surface area contributed by atoms with Crippen molar-refractivity contribution in [3.05, 3.63) is 30.2 Å². The van der Waals surface area contributed by atoms with Crippen molar-refractivity contribution < 1.29 is 13.7 Å². The average Bonchev–Trinajstić information content (AvgIpc) is 3.03. The SMILES string of the molecule is COc1cc2c(cc1F)nc(N)n2CCc1ncon1. The van der Waals surface area contributed by atoms with Crippen LogP contribution in [-0.4, -0.2) is 26.8 Å². The summed E-state index contributed by atoms with van der Waals surface area (Å²) in [6.45, 7) is 0.511. The van der Waals surface area contributed by atoms with Crippen LogP contribution < -0.4 is 10.5 Å². The Labute approximate surface area is 113 Å². The summed E-state index contributed by atoms with van der Waals surface area (Å²) in [6.07, 6.45) is 1.80. The van der Waals surface area contributed by atoms with E-state index >= 15 is 0 Å². The van der Waals surface area contributed by atoms with Crippen molar-refractivity contribution in [2.24, 2.45) is 0 Å². The predicted octanol–water partition coefficient (Wildman–Crippen LogP) is 1.39. The quantitative estimate of drug-likeness (QED) is 0.774. The van der Waals surface area contributed by atoms with Crippen LogP contribution >= 0.6 is 0 Å². The van der Waals surface area contributed by atoms with Crippen LogP contribution in [0.25, 0.3) is 11.0 Å². The van der Waals surface area contributed by atoms with Gasteiger partial charge in [-0.25, -0.2) is 9.37 Å². The molecule has 0 spiro atoms. The Bertz CT molecular complexity index is 738. The maximum Gasteiger partial charge on any atom is 0.213 e. The van der Waals surface area contributed by atoms with Gasteiger partial charge in [-0.05, 0) is 0 Å². The molecule has 0 unspecified atom stereocenters. The van der Waals surface area contributed by atoms with E-state index in [1.165, 1.54) is 19.6 Å². The van der Waals surface area contributed by atoms with Crippen molar-refractivity contribution in [3.63, 3.8) is 0 Å². The van der Waals surface area contributed by atoms with E-state index in [4.69, 9.17) is 10.5 Å². The molecule has 104 valence electrons. The first-order chi connectivity index (χ1) is 9.69. The first-order valence-electron chi connectivity index (χ1n) is 5.93. The Morgan fingerprint density at radius 2 is 2.30 bits per heavy atom. The van der Waals surface area contributed by atoms with E-state index in [9.17, 15) is 4.39 Å². The topological polar surface area (TPSA) is 92.0 Å². The first-order valence-corrected chi connectivity index (χ1v) is 5.93. The number of aromatic nitrogens is 4. The molecular weight excluding hydrogens is 265 g/mol. The zero-order valence-electron chi connectivity index (χ0n) is 10.7. The van der Waals surface area contributed by atoms with Crippen LogP contribution in [0.1, 0.15) is 5.82 Å². The molecule has 1 aromatic carbocycles. The van der Waals surface area contributed by atoms with E-state index < -0.39 is 5.82 Å². The number of nitrogen functional groups attached to an aromatic ring is 1. The second kappa shape index (κ2) is 4.80. The van der Waals surface area contributed by atoms with Gasteiger partial charge in [0.15, 0.2) is 17.4 Å². The fraction of sp³-hybridized carbons (Fsp3) is 0.250. The summed E-state index contributed by atoms with van der Waals surface area (Å²) in [7, 11) is 1.41. The van der Waals surface area contributed by atoms with Crippen molar-refractivity contribution >= 4 is 17.0 Å². The highest BCUT2D eigenvalue weighted by Gasteiger charge is 2.13. The average molecular weight is 277 g/mol. The molecule has 8 heteroatoms. The third-order valence-electron chi connectivity index (χ3n) is 3.02. The summed E-state index contributed by atoms with van der Waals surface area (Å²) in [6, 6.07) is 2.87. The zero-order valence-corrected chi connectivity index (χ0v) is 10.7. The van der Waals surface area contributed by atoms with Crippen LogP contribution in [0, 0.1) is 5.82 Å². The number of nitrogens with two attached hydrogens (primary N) is 1. The Morgan fingerprint density at radius 3 is 3.00 bits per heavy atom. The van der Waals surface area contributed by atoms with Crippen molar-refractivity contribution in [1.82, 2.24) is 19.7 Å². The van der Waals surface area contributed by atoms with Gasteiger partial charge in [0, 0.05) is 25.1 Å². The van der Waals surface area contributed by atoms with Gasteiger partial charge < -0.3 is 19.6 Å². The molecule has 3 rings (SSSR count). The number of hydrogen-bond acceptors (Lipinski definition) is 6. The Morgan fingerprint density at radius 1 is 1.45 bits per heavy atom. The molecule has 2 heterocycles. The summed E-state index contributed by atoms with van der Waals surface area (Å²) >= 11 is 0. The fourth-order valence-corrected chi connectivity index (χ4v) is 2.05. The summed E-state index contributed by atoms with van der Waals surface area (Å²) < 4.78 is 25.0. The van der Waals surface area contributed by atoms with E-state index in [1.54, 1.807) is 10.6 Å². The lowest BCUT2D eigenvalue weighted by Crippen LogP contribution is -2.06. The lowest BCUT2D eigenvalue weighted by molar-refractivity contribution is 0.387. The van der Waals surface area contributed by atoms with Gasteiger partial charge in [0.1, 0.15) is 0 Å². The minimum Gasteiger partial charge on any atom is -0.494 e. The normalized spacial score (nSPS) is 11.1. The molecule has 0 aliphatic heterocycles. The Hall–Kier alpha value is -2.64. The molecule has 0 saturated heterocycles. The molecule has 0 aliphatic rings. The summed E-state index contributed by atoms with van der Waals surface area (Å²) in [4.78, 5) is 8.07. The summed E-state index contributed by atoms with van der Waals surface area (Å²) in [5.41, 5.74) is 7.04. The van der Waals surface area contributed by atoms with E-state index in [1.807, 2.05) is 0 Å². The van der Waals surface area contributed by atoms with Crippen LogP contribution in [0.5, 0.6) is 5.75 Å². The van der Waals surface area contributed by atoms with Gasteiger partial charge in [-0.2, -0.15) is 4.98 Å². The van der Waals surface area contributed by atoms with Gasteiger partial charge in [-0.3, -0.25) is 0 Å². The second-order valence-electron chi connectivity index (χ2n) is 4.19. The molecule has 0 fully saturated rings. The second-order valence-corrected chi connectivity index (χ2v) is 4.19. The molecule has 20 heavy (non-hydrogen) atoms. The zero-order chi connectivity index (χ0) is 14.1. The maximum atomic E-state index is 13.6. The molecule has 2 aromatic heterocycles. The molecule has 0 radical (unpaired) electrons. The van der Waals surface area contributed by atoms with E-state index in [-0.39, 0.29) is 5.75 Å². The third kappa shape index (κ3) is 2.04. The standard InChI is InChI=1S/C12H12FN5O2/c1-19-10-5-9-8(4-7(10)13)16-12(14)18(9)3-2-11-15-6-20-17-11/h4-6H,2-3H2,1H3,(H2,14,16). The number of halogens is 1. The Balaban J connectivity index is 1.98. The van der Waals surface area contributed by atoms with Crippen LogP contribution in [0.15, 0.2) is 23.0 Å². The highest BCUT2D eigenvalue weighted by molar-refractivity contribution is 5.80. The molecule has 0 amide bonds. The number of hydrogen-bond donors (Lipinski definition) is 1. The number of imidazole rings is 1. The van der Waals surface area contributed by atoms with Gasteiger partial charge in [0.2, 0.25) is 12.3 Å². The van der Waals surface area contributed by atoms with Gasteiger partial charge in [-0.1, -0.05) is 5.16 Å². The van der Waals surface area contributed by atoms with Gasteiger partial charge in [0.05, 0.1) is 18.1 Å². The molecule has 0 bridgehead atoms. The highest BCUT2D eigenvalue weighted by atomic mass is 19.1. The number of benzene rings is 1. The van der Waals surface area contributed by atoms with Crippen molar-refractivity contribution in [3.8, 4) is 5.75 Å². The number of ether oxygens (including phenoxy) is 1. The van der Waals surface area contributed by atoms with Crippen LogP contribution in [-0.2, 0) is 13.0 Å². The molecular formula is C12H12FN5O2. The number of rotatable bonds is 4. The number of nitrogens with zero attached hydrogens (tertiary/aromatic N) is 4. The first kappa shape index (κ1) is 12.4. The highest BCUT2D eigenvalue weighted by Crippen LogP contribution is 2.26. The Kier molecular flexibility index (Phi) is 2.97. The van der Waals surface area contributed by atoms with Gasteiger partial charge in [0.25, 0.3) is 0 Å². The lowest BCUT2D eigenvalue weighted by atomic mass is 10.2. The van der Waals surface area contributed by atoms with Crippen molar-refractivity contribution in [1.29, 1.82) is 0 Å². The monoisotopic (exact) mass is 277 g/mol. The third-order valence-corrected chi connectivity index (χ3v) is 3.02. The van der Waals surface area contributed by atoms with Crippen molar-refractivity contribution in [2.75, 3.05) is 12.8 Å². The molecule has 0 atom stereocenters. The molecule has 3 aromatic rings. The van der Waals surface area contributed by atoms with E-state index in [0.717, 1.165) is 0 Å². The van der Waals surface area contributed by atoms with Crippen LogP contribution in [0.2, 0.25) is 0 Å². The smallest absolute Gasteiger partial charge is 0.213 e.